The number of hydrogen-bond donors (Lipinski definition) is 1. The van der Waals surface area contributed by atoms with E-state index in [1.54, 1.807) is 12.1 Å². The van der Waals surface area contributed by atoms with Gasteiger partial charge in [-0.05, 0) is 18.7 Å². The predicted octanol–water partition coefficient (Wildman–Crippen LogP) is 1.38. The molecule has 0 aromatic carbocycles. The molecular formula is C10H10FN3O. The van der Waals surface area contributed by atoms with Crippen LogP contribution in [0.5, 0.6) is 0 Å². The van der Waals surface area contributed by atoms with E-state index in [0.29, 0.717) is 30.1 Å². The summed E-state index contributed by atoms with van der Waals surface area (Å²) in [5, 5.41) is 3.82. The van der Waals surface area contributed by atoms with E-state index in [1.165, 1.54) is 6.07 Å². The number of nitrogens with zero attached hydrogens (tertiary/aromatic N) is 2. The minimum Gasteiger partial charge on any atom is -0.361 e. The Morgan fingerprint density at radius 2 is 2.20 bits per heavy atom. The molecular weight excluding hydrogens is 197 g/mol. The molecule has 2 heterocycles. The molecule has 0 aliphatic heterocycles. The summed E-state index contributed by atoms with van der Waals surface area (Å²) in [5.74, 6) is 0.336. The molecule has 0 radical (unpaired) electrons. The van der Waals surface area contributed by atoms with E-state index in [9.17, 15) is 4.39 Å². The molecule has 2 rings (SSSR count). The minimum absolute atomic E-state index is 0.371. The second-order valence-corrected chi connectivity index (χ2v) is 3.08. The lowest BCUT2D eigenvalue weighted by Gasteiger charge is -1.92. The van der Waals surface area contributed by atoms with Crippen LogP contribution >= 0.6 is 0 Å². The maximum absolute atomic E-state index is 12.6. The maximum atomic E-state index is 12.6. The molecule has 78 valence electrons. The highest BCUT2D eigenvalue weighted by molar-refractivity contribution is 5.53. The molecule has 0 saturated carbocycles. The molecule has 5 heteroatoms. The fraction of sp³-hybridized carbons (Fsp3) is 0.200. The van der Waals surface area contributed by atoms with Gasteiger partial charge in [-0.3, -0.25) is 4.98 Å². The molecule has 0 aliphatic rings. The van der Waals surface area contributed by atoms with Gasteiger partial charge in [0.15, 0.2) is 0 Å². The highest BCUT2D eigenvalue weighted by Gasteiger charge is 2.06. The van der Waals surface area contributed by atoms with Gasteiger partial charge in [0, 0.05) is 12.5 Å². The van der Waals surface area contributed by atoms with Crippen molar-refractivity contribution in [2.75, 3.05) is 6.54 Å². The quantitative estimate of drug-likeness (QED) is 0.825. The Balaban J connectivity index is 2.25. The van der Waals surface area contributed by atoms with Gasteiger partial charge in [-0.1, -0.05) is 5.16 Å². The fourth-order valence-corrected chi connectivity index (χ4v) is 1.22. The van der Waals surface area contributed by atoms with Crippen LogP contribution in [0.4, 0.5) is 4.39 Å². The normalized spacial score (nSPS) is 10.5. The molecule has 0 atom stereocenters. The summed E-state index contributed by atoms with van der Waals surface area (Å²) < 4.78 is 17.6. The fourth-order valence-electron chi connectivity index (χ4n) is 1.22. The zero-order chi connectivity index (χ0) is 10.7. The highest BCUT2D eigenvalue weighted by atomic mass is 19.1. The molecule has 0 aliphatic carbocycles. The van der Waals surface area contributed by atoms with E-state index in [1.807, 2.05) is 0 Å². The van der Waals surface area contributed by atoms with Crippen LogP contribution in [0.3, 0.4) is 0 Å². The first-order valence-electron chi connectivity index (χ1n) is 4.57. The molecule has 2 N–H and O–H groups in total. The van der Waals surface area contributed by atoms with Crippen molar-refractivity contribution in [1.29, 1.82) is 0 Å². The van der Waals surface area contributed by atoms with E-state index in [2.05, 4.69) is 10.1 Å². The van der Waals surface area contributed by atoms with Gasteiger partial charge in [-0.2, -0.15) is 0 Å². The van der Waals surface area contributed by atoms with Gasteiger partial charge in [-0.25, -0.2) is 4.39 Å². The number of nitrogens with two attached hydrogens (primary N) is 1. The molecule has 2 aromatic heterocycles. The van der Waals surface area contributed by atoms with Gasteiger partial charge in [0.25, 0.3) is 0 Å². The number of pyridine rings is 1. The molecule has 0 amide bonds. The lowest BCUT2D eigenvalue weighted by molar-refractivity contribution is 0.386. The molecule has 0 fully saturated rings. The first-order chi connectivity index (χ1) is 7.29. The Morgan fingerprint density at radius 3 is 2.87 bits per heavy atom. The molecule has 0 saturated heterocycles. The van der Waals surface area contributed by atoms with Crippen LogP contribution in [0.1, 0.15) is 5.76 Å². The van der Waals surface area contributed by atoms with E-state index in [-0.39, 0.29) is 5.82 Å². The summed E-state index contributed by atoms with van der Waals surface area (Å²) in [7, 11) is 0. The van der Waals surface area contributed by atoms with E-state index in [4.69, 9.17) is 10.3 Å². The highest BCUT2D eigenvalue weighted by Crippen LogP contribution is 2.16. The first kappa shape index (κ1) is 9.79. The van der Waals surface area contributed by atoms with Crippen molar-refractivity contribution in [3.05, 3.63) is 36.0 Å². The van der Waals surface area contributed by atoms with Crippen LogP contribution in [0.25, 0.3) is 11.4 Å². The summed E-state index contributed by atoms with van der Waals surface area (Å²) in [5.41, 5.74) is 6.56. The van der Waals surface area contributed by atoms with Crippen LogP contribution in [-0.2, 0) is 6.42 Å². The maximum Gasteiger partial charge on any atom is 0.141 e. The Bertz CT molecular complexity index is 438. The SMILES string of the molecule is NCCc1cc(-c2ccc(F)cn2)no1. The van der Waals surface area contributed by atoms with Crippen molar-refractivity contribution >= 4 is 0 Å². The molecule has 15 heavy (non-hydrogen) atoms. The Labute approximate surface area is 85.9 Å². The summed E-state index contributed by atoms with van der Waals surface area (Å²) in [6, 6.07) is 4.64. The largest absolute Gasteiger partial charge is 0.361 e. The average Bonchev–Trinajstić information content (AvgIpc) is 2.68. The van der Waals surface area contributed by atoms with Crippen LogP contribution < -0.4 is 5.73 Å². The lowest BCUT2D eigenvalue weighted by atomic mass is 10.2. The average molecular weight is 207 g/mol. The predicted molar refractivity (Wildman–Crippen MR) is 52.5 cm³/mol. The molecule has 2 aromatic rings. The minimum atomic E-state index is -0.371. The molecule has 0 spiro atoms. The second kappa shape index (κ2) is 4.18. The molecule has 0 unspecified atom stereocenters. The number of aromatic nitrogens is 2. The van der Waals surface area contributed by atoms with Crippen molar-refractivity contribution in [3.63, 3.8) is 0 Å². The van der Waals surface area contributed by atoms with Crippen molar-refractivity contribution < 1.29 is 8.91 Å². The van der Waals surface area contributed by atoms with Gasteiger partial charge in [-0.15, -0.1) is 0 Å². The van der Waals surface area contributed by atoms with Gasteiger partial charge >= 0.3 is 0 Å². The summed E-state index contributed by atoms with van der Waals surface area (Å²) in [4.78, 5) is 3.89. The van der Waals surface area contributed by atoms with Crippen molar-refractivity contribution in [3.8, 4) is 11.4 Å². The Morgan fingerprint density at radius 1 is 1.33 bits per heavy atom. The number of hydrogen-bond acceptors (Lipinski definition) is 4. The van der Waals surface area contributed by atoms with E-state index < -0.39 is 0 Å². The van der Waals surface area contributed by atoms with Crippen LogP contribution in [0, 0.1) is 5.82 Å². The second-order valence-electron chi connectivity index (χ2n) is 3.08. The van der Waals surface area contributed by atoms with Gasteiger partial charge in [0.2, 0.25) is 0 Å². The van der Waals surface area contributed by atoms with Crippen LogP contribution in [0.2, 0.25) is 0 Å². The van der Waals surface area contributed by atoms with Crippen LogP contribution in [0.15, 0.2) is 28.9 Å². The summed E-state index contributed by atoms with van der Waals surface area (Å²) in [6.07, 6.45) is 1.78. The summed E-state index contributed by atoms with van der Waals surface area (Å²) >= 11 is 0. The zero-order valence-corrected chi connectivity index (χ0v) is 7.98. The number of rotatable bonds is 3. The monoisotopic (exact) mass is 207 g/mol. The molecule has 4 nitrogen and oxygen atoms in total. The lowest BCUT2D eigenvalue weighted by Crippen LogP contribution is -2.01. The third-order valence-corrected chi connectivity index (χ3v) is 1.94. The van der Waals surface area contributed by atoms with E-state index in [0.717, 1.165) is 6.20 Å². The van der Waals surface area contributed by atoms with Gasteiger partial charge in [0.1, 0.15) is 17.3 Å². The first-order valence-corrected chi connectivity index (χ1v) is 4.57. The van der Waals surface area contributed by atoms with Crippen molar-refractivity contribution in [1.82, 2.24) is 10.1 Å². The third kappa shape index (κ3) is 2.19. The van der Waals surface area contributed by atoms with Crippen LogP contribution in [-0.4, -0.2) is 16.7 Å². The Hall–Kier alpha value is -1.75. The zero-order valence-electron chi connectivity index (χ0n) is 7.98. The topological polar surface area (TPSA) is 64.9 Å². The standard InChI is InChI=1S/C10H10FN3O/c11-7-1-2-9(13-6-7)10-5-8(3-4-12)15-14-10/h1-2,5-6H,3-4,12H2. The van der Waals surface area contributed by atoms with E-state index >= 15 is 0 Å². The Kier molecular flexibility index (Phi) is 2.73. The molecule has 0 bridgehead atoms. The van der Waals surface area contributed by atoms with Crippen molar-refractivity contribution in [2.24, 2.45) is 5.73 Å². The smallest absolute Gasteiger partial charge is 0.141 e. The van der Waals surface area contributed by atoms with Crippen molar-refractivity contribution in [2.45, 2.75) is 6.42 Å². The number of halogens is 1. The summed E-state index contributed by atoms with van der Waals surface area (Å²) in [6.45, 7) is 0.505. The van der Waals surface area contributed by atoms with Gasteiger partial charge in [0.05, 0.1) is 11.9 Å². The van der Waals surface area contributed by atoms with Gasteiger partial charge < -0.3 is 10.3 Å². The third-order valence-electron chi connectivity index (χ3n) is 1.94.